The molecule has 158 valence electrons. The number of ether oxygens (including phenoxy) is 1. The van der Waals surface area contributed by atoms with Gasteiger partial charge < -0.3 is 14.5 Å². The first-order valence-electron chi connectivity index (χ1n) is 10.3. The summed E-state index contributed by atoms with van der Waals surface area (Å²) in [6, 6.07) is 1.91. The van der Waals surface area contributed by atoms with E-state index in [2.05, 4.69) is 26.8 Å². The molecule has 3 saturated heterocycles. The predicted octanol–water partition coefficient (Wildman–Crippen LogP) is 1.73. The largest absolute Gasteiger partial charge is 0.442 e. The van der Waals surface area contributed by atoms with E-state index >= 15 is 0 Å². The summed E-state index contributed by atoms with van der Waals surface area (Å²) in [6.07, 6.45) is 1.12. The lowest BCUT2D eigenvalue weighted by molar-refractivity contribution is 0.0771. The smallest absolute Gasteiger partial charge is 0.410 e. The van der Waals surface area contributed by atoms with Crippen LogP contribution in [0.5, 0.6) is 0 Å². The van der Waals surface area contributed by atoms with E-state index in [0.29, 0.717) is 37.8 Å². The Bertz CT molecular complexity index is 967. The predicted molar refractivity (Wildman–Crippen MR) is 111 cm³/mol. The van der Waals surface area contributed by atoms with Gasteiger partial charge in [0.1, 0.15) is 11.8 Å². The van der Waals surface area contributed by atoms with Gasteiger partial charge in [0.05, 0.1) is 24.1 Å². The van der Waals surface area contributed by atoms with Crippen LogP contribution in [0.15, 0.2) is 17.0 Å². The summed E-state index contributed by atoms with van der Waals surface area (Å²) >= 11 is 1.41. The molecule has 3 aliphatic rings. The quantitative estimate of drug-likeness (QED) is 0.732. The average Bonchev–Trinajstić information content (AvgIpc) is 3.50. The minimum atomic E-state index is -0.281. The monoisotopic (exact) mass is 428 g/mol. The highest BCUT2D eigenvalue weighted by Crippen LogP contribution is 2.33. The molecule has 5 rings (SSSR count). The Balaban J connectivity index is 1.30. The van der Waals surface area contributed by atoms with E-state index in [1.807, 2.05) is 17.9 Å². The molecule has 0 radical (unpaired) electrons. The second-order valence-corrected chi connectivity index (χ2v) is 8.74. The van der Waals surface area contributed by atoms with Gasteiger partial charge in [0.15, 0.2) is 0 Å². The van der Waals surface area contributed by atoms with Crippen molar-refractivity contribution in [2.75, 3.05) is 31.1 Å². The van der Waals surface area contributed by atoms with Gasteiger partial charge in [-0.2, -0.15) is 0 Å². The van der Waals surface area contributed by atoms with Gasteiger partial charge in [-0.3, -0.25) is 9.69 Å². The zero-order valence-corrected chi connectivity index (χ0v) is 17.8. The Morgan fingerprint density at radius 3 is 2.93 bits per heavy atom. The third-order valence-corrected chi connectivity index (χ3v) is 6.68. The van der Waals surface area contributed by atoms with Crippen LogP contribution in [0.25, 0.3) is 0 Å². The van der Waals surface area contributed by atoms with Gasteiger partial charge in [-0.05, 0) is 25.8 Å². The van der Waals surface area contributed by atoms with Crippen molar-refractivity contribution in [3.8, 4) is 0 Å². The molecular formula is C20H24N6O3S. The number of hydrogen-bond donors (Lipinski definition) is 0. The number of likely N-dealkylation sites (tertiary alicyclic amines) is 1. The Morgan fingerprint density at radius 1 is 1.30 bits per heavy atom. The first kappa shape index (κ1) is 19.2. The molecule has 3 atom stereocenters. The van der Waals surface area contributed by atoms with Crippen molar-refractivity contribution in [3.05, 3.63) is 34.0 Å². The zero-order chi connectivity index (χ0) is 20.8. The van der Waals surface area contributed by atoms with Crippen LogP contribution in [0.4, 0.5) is 10.7 Å². The molecule has 3 aliphatic heterocycles. The molecule has 0 bridgehead atoms. The van der Waals surface area contributed by atoms with Crippen molar-refractivity contribution in [1.29, 1.82) is 0 Å². The third kappa shape index (κ3) is 3.28. The molecule has 2 aromatic rings. The number of aryl methyl sites for hydroxylation is 2. The lowest BCUT2D eigenvalue weighted by atomic mass is 10.1. The van der Waals surface area contributed by atoms with Crippen LogP contribution in [0.3, 0.4) is 0 Å². The van der Waals surface area contributed by atoms with Crippen LogP contribution < -0.4 is 4.90 Å². The van der Waals surface area contributed by atoms with Gasteiger partial charge >= 0.3 is 6.09 Å². The van der Waals surface area contributed by atoms with E-state index in [4.69, 9.17) is 4.74 Å². The zero-order valence-electron chi connectivity index (χ0n) is 17.0. The van der Waals surface area contributed by atoms with Gasteiger partial charge in [-0.15, -0.1) is 11.3 Å². The highest BCUT2D eigenvalue weighted by atomic mass is 32.1. The Hall–Kier alpha value is -2.75. The molecule has 2 amide bonds. The molecule has 0 spiro atoms. The van der Waals surface area contributed by atoms with Crippen LogP contribution in [-0.4, -0.2) is 81.1 Å². The maximum absolute atomic E-state index is 12.6. The fourth-order valence-electron chi connectivity index (χ4n) is 4.62. The molecule has 0 N–H and O–H groups in total. The van der Waals surface area contributed by atoms with Crippen LogP contribution >= 0.6 is 11.3 Å². The molecule has 0 aromatic carbocycles. The molecular weight excluding hydrogens is 404 g/mol. The minimum absolute atomic E-state index is 0.0420. The number of thiazole rings is 1. The number of nitrogens with zero attached hydrogens (tertiary/aromatic N) is 6. The highest BCUT2D eigenvalue weighted by molar-refractivity contribution is 7.07. The number of hydrogen-bond acceptors (Lipinski definition) is 8. The van der Waals surface area contributed by atoms with E-state index in [1.54, 1.807) is 15.8 Å². The number of fused-ring (bicyclic) bond motifs is 1. The van der Waals surface area contributed by atoms with Crippen molar-refractivity contribution in [3.63, 3.8) is 0 Å². The second kappa shape index (κ2) is 7.50. The molecule has 0 saturated carbocycles. The van der Waals surface area contributed by atoms with E-state index in [9.17, 15) is 9.59 Å². The van der Waals surface area contributed by atoms with Crippen LogP contribution in [-0.2, 0) is 11.2 Å². The van der Waals surface area contributed by atoms with Crippen molar-refractivity contribution in [2.45, 2.75) is 44.9 Å². The van der Waals surface area contributed by atoms with Crippen LogP contribution in [0, 0.1) is 6.92 Å². The summed E-state index contributed by atoms with van der Waals surface area (Å²) in [5, 5.41) is 1.76. The lowest BCUT2D eigenvalue weighted by Crippen LogP contribution is -2.46. The molecule has 9 nitrogen and oxygen atoms in total. The number of anilines is 1. The van der Waals surface area contributed by atoms with Gasteiger partial charge in [0, 0.05) is 36.4 Å². The number of carbonyl (C=O) groups excluding carboxylic acids is 2. The SMILES string of the molecule is CCc1cc(C)nc(N2C[C@@H]3OC(=O)N(C4CCN(C(=O)c5cscn5)C4)[C@@H]3C2)n1. The minimum Gasteiger partial charge on any atom is -0.442 e. The van der Waals surface area contributed by atoms with Crippen molar-refractivity contribution >= 4 is 29.3 Å². The van der Waals surface area contributed by atoms with Gasteiger partial charge in [-0.1, -0.05) is 6.92 Å². The standard InChI is InChI=1S/C20H24N6O3S/c1-3-13-6-12(2)22-19(23-13)25-8-16-17(9-25)29-20(28)26(16)14-4-5-24(7-14)18(27)15-10-30-11-21-15/h6,10-11,14,16-17H,3-5,7-9H2,1-2H3/t14?,16-,17+/m1/s1. The Labute approximate surface area is 178 Å². The molecule has 30 heavy (non-hydrogen) atoms. The number of rotatable bonds is 4. The molecule has 5 heterocycles. The third-order valence-electron chi connectivity index (χ3n) is 6.09. The second-order valence-electron chi connectivity index (χ2n) is 8.02. The summed E-state index contributed by atoms with van der Waals surface area (Å²) in [6.45, 7) is 6.40. The molecule has 1 unspecified atom stereocenters. The maximum Gasteiger partial charge on any atom is 0.410 e. The summed E-state index contributed by atoms with van der Waals surface area (Å²) in [4.78, 5) is 44.3. The van der Waals surface area contributed by atoms with Crippen LogP contribution in [0.1, 0.15) is 35.2 Å². The highest BCUT2D eigenvalue weighted by Gasteiger charge is 2.52. The van der Waals surface area contributed by atoms with Crippen molar-refractivity contribution in [2.24, 2.45) is 0 Å². The Kier molecular flexibility index (Phi) is 4.80. The molecule has 0 aliphatic carbocycles. The fraction of sp³-hybridized carbons (Fsp3) is 0.550. The number of aromatic nitrogens is 3. The van der Waals surface area contributed by atoms with E-state index in [1.165, 1.54) is 11.3 Å². The van der Waals surface area contributed by atoms with Crippen molar-refractivity contribution < 1.29 is 14.3 Å². The van der Waals surface area contributed by atoms with E-state index in [0.717, 1.165) is 24.2 Å². The van der Waals surface area contributed by atoms with Gasteiger partial charge in [0.25, 0.3) is 5.91 Å². The average molecular weight is 429 g/mol. The summed E-state index contributed by atoms with van der Waals surface area (Å²) in [5.74, 6) is 0.625. The summed E-state index contributed by atoms with van der Waals surface area (Å²) < 4.78 is 5.69. The van der Waals surface area contributed by atoms with E-state index < -0.39 is 0 Å². The van der Waals surface area contributed by atoms with Crippen LogP contribution in [0.2, 0.25) is 0 Å². The number of carbonyl (C=O) groups is 2. The van der Waals surface area contributed by atoms with Gasteiger partial charge in [0.2, 0.25) is 5.95 Å². The molecule has 10 heteroatoms. The summed E-state index contributed by atoms with van der Waals surface area (Å²) in [5.41, 5.74) is 4.08. The lowest BCUT2D eigenvalue weighted by Gasteiger charge is -2.28. The van der Waals surface area contributed by atoms with Gasteiger partial charge in [-0.25, -0.2) is 19.7 Å². The maximum atomic E-state index is 12.6. The topological polar surface area (TPSA) is 91.8 Å². The molecule has 2 aromatic heterocycles. The first-order valence-corrected chi connectivity index (χ1v) is 11.2. The van der Waals surface area contributed by atoms with Crippen molar-refractivity contribution in [1.82, 2.24) is 24.8 Å². The summed E-state index contributed by atoms with van der Waals surface area (Å²) in [7, 11) is 0. The first-order chi connectivity index (χ1) is 14.5. The normalized spacial score (nSPS) is 25.7. The fourth-order valence-corrected chi connectivity index (χ4v) is 5.15. The molecule has 3 fully saturated rings. The Morgan fingerprint density at radius 2 is 2.17 bits per heavy atom. The number of amides is 2. The van der Waals surface area contributed by atoms with E-state index in [-0.39, 0.29) is 30.2 Å².